The molecule has 0 fully saturated rings. The summed E-state index contributed by atoms with van der Waals surface area (Å²) in [4.78, 5) is 7.99. The average Bonchev–Trinajstić information content (AvgIpc) is 2.42. The van der Waals surface area contributed by atoms with Crippen LogP contribution in [0.1, 0.15) is 11.3 Å². The lowest BCUT2D eigenvalue weighted by Crippen LogP contribution is -2.08. The van der Waals surface area contributed by atoms with Crippen molar-refractivity contribution in [1.82, 2.24) is 9.97 Å². The van der Waals surface area contributed by atoms with Gasteiger partial charge in [-0.1, -0.05) is 29.3 Å². The summed E-state index contributed by atoms with van der Waals surface area (Å²) >= 11 is 11.9. The number of nitrogens with one attached hydrogen (secondary N) is 1. The van der Waals surface area contributed by atoms with Crippen molar-refractivity contribution >= 4 is 29.0 Å². The van der Waals surface area contributed by atoms with E-state index in [0.29, 0.717) is 28.8 Å². The Balaban J connectivity index is 1.99. The van der Waals surface area contributed by atoms with Crippen LogP contribution in [0.25, 0.3) is 0 Å². The van der Waals surface area contributed by atoms with Gasteiger partial charge in [0.1, 0.15) is 6.07 Å². The molecular weight excluding hydrogens is 283 g/mol. The molecule has 1 heterocycles. The summed E-state index contributed by atoms with van der Waals surface area (Å²) in [6.07, 6.45) is 3.73. The Morgan fingerprint density at radius 1 is 1.21 bits per heavy atom. The molecule has 1 aromatic heterocycles. The molecule has 0 aliphatic rings. The summed E-state index contributed by atoms with van der Waals surface area (Å²) in [6, 6.07) is 7.37. The maximum Gasteiger partial charge on any atom is 0.182 e. The molecule has 6 heteroatoms. The van der Waals surface area contributed by atoms with Crippen LogP contribution in [-0.4, -0.2) is 16.5 Å². The van der Waals surface area contributed by atoms with Gasteiger partial charge < -0.3 is 5.32 Å². The zero-order valence-electron chi connectivity index (χ0n) is 9.90. The van der Waals surface area contributed by atoms with Gasteiger partial charge in [0.15, 0.2) is 11.5 Å². The van der Waals surface area contributed by atoms with Crippen molar-refractivity contribution in [1.29, 1.82) is 5.26 Å². The van der Waals surface area contributed by atoms with E-state index in [9.17, 15) is 0 Å². The highest BCUT2D eigenvalue weighted by atomic mass is 35.5. The Labute approximate surface area is 121 Å². The van der Waals surface area contributed by atoms with Crippen molar-refractivity contribution in [2.45, 2.75) is 6.42 Å². The molecule has 0 spiro atoms. The summed E-state index contributed by atoms with van der Waals surface area (Å²) in [6.45, 7) is 0.606. The number of nitrogens with zero attached hydrogens (tertiary/aromatic N) is 3. The van der Waals surface area contributed by atoms with Gasteiger partial charge in [0.25, 0.3) is 0 Å². The molecule has 0 amide bonds. The molecule has 0 atom stereocenters. The van der Waals surface area contributed by atoms with Crippen molar-refractivity contribution in [3.05, 3.63) is 51.9 Å². The van der Waals surface area contributed by atoms with E-state index in [1.807, 2.05) is 12.1 Å². The second-order valence-corrected chi connectivity index (χ2v) is 4.62. The number of halogens is 2. The van der Waals surface area contributed by atoms with Gasteiger partial charge in [0.05, 0.1) is 0 Å². The van der Waals surface area contributed by atoms with Crippen molar-refractivity contribution < 1.29 is 0 Å². The topological polar surface area (TPSA) is 61.6 Å². The number of hydrogen-bond acceptors (Lipinski definition) is 4. The van der Waals surface area contributed by atoms with Crippen LogP contribution in [-0.2, 0) is 6.42 Å². The number of nitriles is 1. The summed E-state index contributed by atoms with van der Waals surface area (Å²) in [5, 5.41) is 13.2. The molecule has 1 aromatic carbocycles. The fourth-order valence-corrected chi connectivity index (χ4v) is 2.09. The molecular formula is C13H10Cl2N4. The molecule has 1 N–H and O–H groups in total. The number of anilines is 1. The molecule has 0 aliphatic carbocycles. The second-order valence-electron chi connectivity index (χ2n) is 3.78. The highest BCUT2D eigenvalue weighted by Crippen LogP contribution is 2.21. The Hall–Kier alpha value is -1.83. The zero-order valence-corrected chi connectivity index (χ0v) is 11.4. The lowest BCUT2D eigenvalue weighted by molar-refractivity contribution is 0.995. The van der Waals surface area contributed by atoms with Gasteiger partial charge in [-0.3, -0.25) is 0 Å². The quantitative estimate of drug-likeness (QED) is 0.939. The summed E-state index contributed by atoms with van der Waals surface area (Å²) in [5.41, 5.74) is 1.27. The number of hydrogen-bond donors (Lipinski definition) is 1. The van der Waals surface area contributed by atoms with E-state index in [1.54, 1.807) is 18.3 Å². The average molecular weight is 293 g/mol. The SMILES string of the molecule is N#Cc1nccnc1NCCc1ccc(Cl)cc1Cl. The summed E-state index contributed by atoms with van der Waals surface area (Å²) in [7, 11) is 0. The Morgan fingerprint density at radius 2 is 2.00 bits per heavy atom. The van der Waals surface area contributed by atoms with E-state index >= 15 is 0 Å². The standard InChI is InChI=1S/C13H10Cl2N4/c14-10-2-1-9(11(15)7-10)3-4-18-13-12(8-16)17-5-6-19-13/h1-2,5-7H,3-4H2,(H,18,19). The maximum absolute atomic E-state index is 8.88. The smallest absolute Gasteiger partial charge is 0.182 e. The number of aromatic nitrogens is 2. The second kappa shape index (κ2) is 6.37. The minimum Gasteiger partial charge on any atom is -0.367 e. The molecule has 19 heavy (non-hydrogen) atoms. The normalized spacial score (nSPS) is 9.95. The van der Waals surface area contributed by atoms with Gasteiger partial charge in [0.2, 0.25) is 0 Å². The van der Waals surface area contributed by atoms with E-state index in [0.717, 1.165) is 5.56 Å². The van der Waals surface area contributed by atoms with Gasteiger partial charge in [-0.05, 0) is 24.1 Å². The molecule has 0 saturated carbocycles. The van der Waals surface area contributed by atoms with Crippen LogP contribution >= 0.6 is 23.2 Å². The first-order valence-electron chi connectivity index (χ1n) is 5.59. The molecule has 96 valence electrons. The maximum atomic E-state index is 8.88. The van der Waals surface area contributed by atoms with Gasteiger partial charge >= 0.3 is 0 Å². The van der Waals surface area contributed by atoms with Gasteiger partial charge in [0, 0.05) is 29.0 Å². The van der Waals surface area contributed by atoms with Crippen LogP contribution in [0.2, 0.25) is 10.0 Å². The summed E-state index contributed by atoms with van der Waals surface area (Å²) < 4.78 is 0. The van der Waals surface area contributed by atoms with Gasteiger partial charge in [-0.2, -0.15) is 5.26 Å². The van der Waals surface area contributed by atoms with Crippen LogP contribution in [0.4, 0.5) is 5.82 Å². The van der Waals surface area contributed by atoms with Crippen LogP contribution in [0.5, 0.6) is 0 Å². The molecule has 0 aliphatic heterocycles. The molecule has 0 bridgehead atoms. The first-order chi connectivity index (χ1) is 9.20. The predicted molar refractivity (Wildman–Crippen MR) is 75.4 cm³/mol. The zero-order chi connectivity index (χ0) is 13.7. The van der Waals surface area contributed by atoms with E-state index in [2.05, 4.69) is 15.3 Å². The Bertz CT molecular complexity index is 622. The lowest BCUT2D eigenvalue weighted by Gasteiger charge is -2.07. The highest BCUT2D eigenvalue weighted by Gasteiger charge is 2.04. The van der Waals surface area contributed by atoms with Gasteiger partial charge in [-0.15, -0.1) is 0 Å². The van der Waals surface area contributed by atoms with Crippen LogP contribution in [0.15, 0.2) is 30.6 Å². The Morgan fingerprint density at radius 3 is 2.74 bits per heavy atom. The first kappa shape index (κ1) is 13.6. The first-order valence-corrected chi connectivity index (χ1v) is 6.35. The van der Waals surface area contributed by atoms with Crippen molar-refractivity contribution in [3.63, 3.8) is 0 Å². The highest BCUT2D eigenvalue weighted by molar-refractivity contribution is 6.35. The van der Waals surface area contributed by atoms with Crippen molar-refractivity contribution in [2.24, 2.45) is 0 Å². The van der Waals surface area contributed by atoms with Crippen molar-refractivity contribution in [3.8, 4) is 6.07 Å². The number of rotatable bonds is 4. The molecule has 2 aromatic rings. The molecule has 0 saturated heterocycles. The predicted octanol–water partition coefficient (Wildman–Crippen LogP) is 3.31. The molecule has 4 nitrogen and oxygen atoms in total. The van der Waals surface area contributed by atoms with E-state index in [-0.39, 0.29) is 5.69 Å². The van der Waals surface area contributed by atoms with Crippen LogP contribution in [0, 0.1) is 11.3 Å². The van der Waals surface area contributed by atoms with Crippen LogP contribution in [0.3, 0.4) is 0 Å². The minimum atomic E-state index is 0.282. The monoisotopic (exact) mass is 292 g/mol. The third kappa shape index (κ3) is 3.57. The minimum absolute atomic E-state index is 0.282. The molecule has 0 unspecified atom stereocenters. The van der Waals surface area contributed by atoms with E-state index in [4.69, 9.17) is 28.5 Å². The number of benzene rings is 1. The third-order valence-corrected chi connectivity index (χ3v) is 3.09. The van der Waals surface area contributed by atoms with Gasteiger partial charge in [-0.25, -0.2) is 9.97 Å². The van der Waals surface area contributed by atoms with E-state index in [1.165, 1.54) is 6.20 Å². The largest absolute Gasteiger partial charge is 0.367 e. The fraction of sp³-hybridized carbons (Fsp3) is 0.154. The van der Waals surface area contributed by atoms with E-state index < -0.39 is 0 Å². The molecule has 0 radical (unpaired) electrons. The third-order valence-electron chi connectivity index (χ3n) is 2.51. The lowest BCUT2D eigenvalue weighted by atomic mass is 10.1. The Kier molecular flexibility index (Phi) is 4.56. The van der Waals surface area contributed by atoms with Crippen LogP contribution < -0.4 is 5.32 Å². The summed E-state index contributed by atoms with van der Waals surface area (Å²) in [5.74, 6) is 0.482. The van der Waals surface area contributed by atoms with Crippen molar-refractivity contribution in [2.75, 3.05) is 11.9 Å². The molecule has 2 rings (SSSR count). The fourth-order valence-electron chi connectivity index (χ4n) is 1.59.